The number of hydrogen-bond acceptors (Lipinski definition) is 9. The zero-order valence-corrected chi connectivity index (χ0v) is 25.9. The van der Waals surface area contributed by atoms with Crippen LogP contribution in [0.25, 0.3) is 0 Å². The molecule has 6 atom stereocenters. The smallest absolute Gasteiger partial charge is 0.412 e. The number of fused-ring (bicyclic) bond motifs is 1. The summed E-state index contributed by atoms with van der Waals surface area (Å²) in [6, 6.07) is 5.77. The molecule has 7 rings (SSSR count). The van der Waals surface area contributed by atoms with E-state index in [1.165, 1.54) is 44.6 Å². The summed E-state index contributed by atoms with van der Waals surface area (Å²) in [4.78, 5) is 54.4. The summed E-state index contributed by atoms with van der Waals surface area (Å²) in [5, 5.41) is 0. The van der Waals surface area contributed by atoms with Crippen LogP contribution in [-0.4, -0.2) is 67.6 Å². The summed E-state index contributed by atoms with van der Waals surface area (Å²) < 4.78 is 41.7. The molecule has 1 aromatic rings. The number of methoxy groups -OCH3 is 1. The van der Waals surface area contributed by atoms with Crippen molar-refractivity contribution in [2.24, 2.45) is 40.9 Å². The summed E-state index contributed by atoms with van der Waals surface area (Å²) in [6.07, 6.45) is 5.67. The first-order chi connectivity index (χ1) is 21.6. The van der Waals surface area contributed by atoms with Crippen LogP contribution in [0.15, 0.2) is 36.9 Å². The van der Waals surface area contributed by atoms with Gasteiger partial charge in [-0.25, -0.2) is 9.18 Å². The molecule has 45 heavy (non-hydrogen) atoms. The first kappa shape index (κ1) is 31.7. The van der Waals surface area contributed by atoms with Crippen LogP contribution in [-0.2, 0) is 44.7 Å². The Kier molecular flexibility index (Phi) is 8.78. The van der Waals surface area contributed by atoms with Gasteiger partial charge in [-0.2, -0.15) is 0 Å². The lowest BCUT2D eigenvalue weighted by Crippen LogP contribution is -2.62. The third-order valence-corrected chi connectivity index (χ3v) is 10.8. The van der Waals surface area contributed by atoms with Crippen molar-refractivity contribution >= 4 is 24.3 Å². The standard InChI is InChI=1S/C34H42FNO9/c1-4-9-42-32(40)36(19-41-3)34(18-37)27(43-17-21-5-7-25(35)8-6-21)13-26-28(29(26)34)30(38)44-20(2)45-31(39)33-14-22-10-23(15-33)12-24(11-22)16-33/h4-8,18,20,22-24,26-29H,1,9-17,19H2,2-3H3/t20-,22?,23?,24?,26+,27-,28+,29+,33?,34+/m1/s1. The van der Waals surface area contributed by atoms with Gasteiger partial charge in [0.15, 0.2) is 0 Å². The molecule has 244 valence electrons. The normalized spacial score (nSPS) is 36.0. The topological polar surface area (TPSA) is 118 Å². The number of ether oxygens (including phenoxy) is 5. The third kappa shape index (κ3) is 5.78. The molecule has 0 N–H and O–H groups in total. The maximum absolute atomic E-state index is 13.5. The number of aldehydes is 1. The molecule has 6 fully saturated rings. The third-order valence-electron chi connectivity index (χ3n) is 10.8. The van der Waals surface area contributed by atoms with Crippen LogP contribution in [0, 0.1) is 46.7 Å². The molecule has 0 heterocycles. The maximum Gasteiger partial charge on any atom is 0.412 e. The maximum atomic E-state index is 13.5. The van der Waals surface area contributed by atoms with E-state index in [9.17, 15) is 23.6 Å². The zero-order chi connectivity index (χ0) is 31.9. The van der Waals surface area contributed by atoms with Crippen molar-refractivity contribution in [3.8, 4) is 0 Å². The molecule has 6 saturated carbocycles. The van der Waals surface area contributed by atoms with E-state index in [4.69, 9.17) is 23.7 Å². The second kappa shape index (κ2) is 12.5. The highest BCUT2D eigenvalue weighted by molar-refractivity contribution is 5.85. The van der Waals surface area contributed by atoms with E-state index >= 15 is 0 Å². The van der Waals surface area contributed by atoms with E-state index in [0.29, 0.717) is 29.6 Å². The number of hydrogen-bond donors (Lipinski definition) is 0. The highest BCUT2D eigenvalue weighted by Crippen LogP contribution is 2.65. The SMILES string of the molecule is C=CCOC(=O)N(COC)[C@]1(C=O)[C@H]2[C@@H](C[C@H]1OCc1ccc(F)cc1)[C@@H]2C(=O)O[C@@H](C)OC(=O)C12CC3CC(CC(C3)C1)C2. The minimum Gasteiger partial charge on any atom is -0.445 e. The van der Waals surface area contributed by atoms with Gasteiger partial charge < -0.3 is 28.5 Å². The molecule has 0 aromatic heterocycles. The van der Waals surface area contributed by atoms with Crippen molar-refractivity contribution in [3.05, 3.63) is 48.3 Å². The number of amides is 1. The molecule has 1 aromatic carbocycles. The van der Waals surface area contributed by atoms with Gasteiger partial charge in [-0.3, -0.25) is 14.5 Å². The number of rotatable bonds is 13. The zero-order valence-electron chi connectivity index (χ0n) is 25.9. The quantitative estimate of drug-likeness (QED) is 0.132. The van der Waals surface area contributed by atoms with Crippen LogP contribution in [0.4, 0.5) is 9.18 Å². The Balaban J connectivity index is 1.16. The van der Waals surface area contributed by atoms with Gasteiger partial charge in [-0.05, 0) is 86.3 Å². The van der Waals surface area contributed by atoms with E-state index in [2.05, 4.69) is 6.58 Å². The van der Waals surface area contributed by atoms with Crippen molar-refractivity contribution in [2.75, 3.05) is 20.4 Å². The summed E-state index contributed by atoms with van der Waals surface area (Å²) in [6.45, 7) is 4.77. The fraction of sp³-hybridized carbons (Fsp3) is 0.647. The average molecular weight is 628 g/mol. The molecule has 0 spiro atoms. The Morgan fingerprint density at radius 3 is 2.27 bits per heavy atom. The largest absolute Gasteiger partial charge is 0.445 e. The number of esters is 2. The van der Waals surface area contributed by atoms with Crippen molar-refractivity contribution in [2.45, 2.75) is 76.4 Å². The molecular weight excluding hydrogens is 585 g/mol. The number of nitrogens with zero attached hydrogens (tertiary/aromatic N) is 1. The lowest BCUT2D eigenvalue weighted by atomic mass is 9.49. The molecule has 0 unspecified atom stereocenters. The van der Waals surface area contributed by atoms with Gasteiger partial charge in [-0.15, -0.1) is 0 Å². The fourth-order valence-corrected chi connectivity index (χ4v) is 9.38. The van der Waals surface area contributed by atoms with Crippen LogP contribution >= 0.6 is 0 Å². The van der Waals surface area contributed by atoms with Gasteiger partial charge in [0.1, 0.15) is 31.0 Å². The van der Waals surface area contributed by atoms with Crippen molar-refractivity contribution in [1.82, 2.24) is 4.90 Å². The van der Waals surface area contributed by atoms with Gasteiger partial charge in [0.25, 0.3) is 0 Å². The molecule has 0 radical (unpaired) electrons. The Bertz CT molecular complexity index is 1280. The molecule has 6 aliphatic carbocycles. The second-order valence-corrected chi connectivity index (χ2v) is 13.7. The van der Waals surface area contributed by atoms with E-state index in [-0.39, 0.29) is 38.3 Å². The summed E-state index contributed by atoms with van der Waals surface area (Å²) in [5.41, 5.74) is -1.42. The van der Waals surface area contributed by atoms with Crippen LogP contribution in [0.3, 0.4) is 0 Å². The minimum atomic E-state index is -1.61. The number of carbonyl (C=O) groups excluding carboxylic acids is 4. The van der Waals surface area contributed by atoms with E-state index in [1.807, 2.05) is 0 Å². The lowest BCUT2D eigenvalue weighted by Gasteiger charge is -2.55. The number of benzene rings is 1. The highest BCUT2D eigenvalue weighted by Gasteiger charge is 2.76. The van der Waals surface area contributed by atoms with Crippen LogP contribution < -0.4 is 0 Å². The first-order valence-electron chi connectivity index (χ1n) is 15.9. The fourth-order valence-electron chi connectivity index (χ4n) is 9.38. The van der Waals surface area contributed by atoms with E-state index in [1.54, 1.807) is 19.1 Å². The van der Waals surface area contributed by atoms with Gasteiger partial charge in [0.05, 0.1) is 24.0 Å². The molecule has 10 nitrogen and oxygen atoms in total. The molecule has 0 saturated heterocycles. The Morgan fingerprint density at radius 2 is 1.69 bits per heavy atom. The predicted molar refractivity (Wildman–Crippen MR) is 156 cm³/mol. The number of carbonyl (C=O) groups is 4. The van der Waals surface area contributed by atoms with Gasteiger partial charge in [0.2, 0.25) is 6.29 Å². The molecule has 0 aliphatic heterocycles. The molecule has 1 amide bonds. The van der Waals surface area contributed by atoms with E-state index < -0.39 is 53.1 Å². The summed E-state index contributed by atoms with van der Waals surface area (Å²) in [7, 11) is 1.38. The van der Waals surface area contributed by atoms with Crippen LogP contribution in [0.2, 0.25) is 0 Å². The Labute approximate surface area is 262 Å². The minimum absolute atomic E-state index is 0.0505. The number of halogens is 1. The van der Waals surface area contributed by atoms with Gasteiger partial charge in [-0.1, -0.05) is 24.8 Å². The van der Waals surface area contributed by atoms with Crippen LogP contribution in [0.1, 0.15) is 57.4 Å². The average Bonchev–Trinajstić information content (AvgIpc) is 3.63. The second-order valence-electron chi connectivity index (χ2n) is 13.7. The molecule has 6 aliphatic rings. The Morgan fingerprint density at radius 1 is 1.04 bits per heavy atom. The summed E-state index contributed by atoms with van der Waals surface area (Å²) >= 11 is 0. The van der Waals surface area contributed by atoms with Crippen LogP contribution in [0.5, 0.6) is 0 Å². The molecule has 11 heteroatoms. The van der Waals surface area contributed by atoms with Crippen molar-refractivity contribution in [3.63, 3.8) is 0 Å². The molecule has 4 bridgehead atoms. The lowest BCUT2D eigenvalue weighted by molar-refractivity contribution is -0.203. The van der Waals surface area contributed by atoms with Crippen molar-refractivity contribution in [1.29, 1.82) is 0 Å². The highest BCUT2D eigenvalue weighted by atomic mass is 19.1. The summed E-state index contributed by atoms with van der Waals surface area (Å²) in [5.74, 6) is -1.29. The molecular formula is C34H42FNO9. The van der Waals surface area contributed by atoms with Crippen molar-refractivity contribution < 1.29 is 47.3 Å². The van der Waals surface area contributed by atoms with E-state index in [0.717, 1.165) is 24.2 Å². The first-order valence-corrected chi connectivity index (χ1v) is 15.9. The Hall–Kier alpha value is -3.31. The van der Waals surface area contributed by atoms with Gasteiger partial charge in [0, 0.05) is 20.0 Å². The monoisotopic (exact) mass is 627 g/mol. The predicted octanol–water partition coefficient (Wildman–Crippen LogP) is 4.79. The van der Waals surface area contributed by atoms with Gasteiger partial charge >= 0.3 is 18.0 Å².